The van der Waals surface area contributed by atoms with E-state index in [4.69, 9.17) is 12.2 Å². The fraction of sp³-hybridized carbons (Fsp3) is 0.261. The van der Waals surface area contributed by atoms with Crippen LogP contribution in [0.3, 0.4) is 0 Å². The second kappa shape index (κ2) is 8.67. The highest BCUT2D eigenvalue weighted by molar-refractivity contribution is 7.80. The number of hydrogen-bond donors (Lipinski definition) is 2. The van der Waals surface area contributed by atoms with E-state index in [0.29, 0.717) is 18.1 Å². The smallest absolute Gasteiger partial charge is 0.226 e. The summed E-state index contributed by atoms with van der Waals surface area (Å²) in [5, 5.41) is 7.06. The molecule has 0 radical (unpaired) electrons. The maximum absolute atomic E-state index is 12.6. The molecule has 0 spiro atoms. The number of anilines is 1. The SMILES string of the molecule is Cc1ccccc1NC(=O)CCN1C(=S)N[C@H](c2ccccn2)[C@H]1c1cccn1C. The maximum Gasteiger partial charge on any atom is 0.226 e. The highest BCUT2D eigenvalue weighted by Crippen LogP contribution is 2.38. The second-order valence-corrected chi connectivity index (χ2v) is 7.86. The predicted molar refractivity (Wildman–Crippen MR) is 122 cm³/mol. The van der Waals surface area contributed by atoms with Crippen LogP contribution in [0.2, 0.25) is 0 Å². The van der Waals surface area contributed by atoms with Crippen molar-refractivity contribution in [2.45, 2.75) is 25.4 Å². The molecule has 6 nitrogen and oxygen atoms in total. The fourth-order valence-electron chi connectivity index (χ4n) is 3.90. The van der Waals surface area contributed by atoms with Crippen molar-refractivity contribution in [3.63, 3.8) is 0 Å². The number of rotatable bonds is 6. The van der Waals surface area contributed by atoms with Gasteiger partial charge in [0.2, 0.25) is 5.91 Å². The molecule has 7 heteroatoms. The third kappa shape index (κ3) is 4.07. The van der Waals surface area contributed by atoms with Crippen LogP contribution >= 0.6 is 12.2 Å². The molecule has 30 heavy (non-hydrogen) atoms. The molecular weight excluding hydrogens is 394 g/mol. The standard InChI is InChI=1S/C23H25N5OS/c1-16-8-3-4-9-17(16)25-20(29)12-15-28-22(19-11-7-14-27(19)2)21(26-23(28)30)18-10-5-6-13-24-18/h3-11,13-14,21-22H,12,15H2,1-2H3,(H,25,29)(H,26,30)/t21-,22-/m1/s1. The number of carbonyl (C=O) groups is 1. The number of amides is 1. The minimum atomic E-state index is -0.0771. The minimum absolute atomic E-state index is 0.0287. The van der Waals surface area contributed by atoms with Crippen LogP contribution in [0.25, 0.3) is 0 Å². The van der Waals surface area contributed by atoms with Crippen LogP contribution in [0.15, 0.2) is 67.0 Å². The molecule has 1 saturated heterocycles. The number of nitrogens with zero attached hydrogens (tertiary/aromatic N) is 3. The van der Waals surface area contributed by atoms with Gasteiger partial charge in [-0.25, -0.2) is 0 Å². The first-order chi connectivity index (χ1) is 14.5. The number of nitrogens with one attached hydrogen (secondary N) is 2. The first kappa shape index (κ1) is 20.1. The van der Waals surface area contributed by atoms with Crippen LogP contribution in [0, 0.1) is 6.92 Å². The zero-order valence-corrected chi connectivity index (χ0v) is 17.9. The molecule has 2 atom stereocenters. The Labute approximate surface area is 181 Å². The highest BCUT2D eigenvalue weighted by atomic mass is 32.1. The molecule has 1 aliphatic heterocycles. The Hall–Kier alpha value is -3.19. The number of carbonyl (C=O) groups excluding carboxylic acids is 1. The monoisotopic (exact) mass is 419 g/mol. The molecule has 154 valence electrons. The van der Waals surface area contributed by atoms with Gasteiger partial charge in [-0.2, -0.15) is 0 Å². The highest BCUT2D eigenvalue weighted by Gasteiger charge is 2.40. The Balaban J connectivity index is 1.53. The van der Waals surface area contributed by atoms with Gasteiger partial charge in [0, 0.05) is 43.8 Å². The Morgan fingerprint density at radius 3 is 2.67 bits per heavy atom. The van der Waals surface area contributed by atoms with Crippen LogP contribution in [0.4, 0.5) is 5.69 Å². The lowest BCUT2D eigenvalue weighted by atomic mass is 10.0. The molecule has 1 fully saturated rings. The third-order valence-corrected chi connectivity index (χ3v) is 5.84. The zero-order chi connectivity index (χ0) is 21.1. The molecule has 3 heterocycles. The normalized spacial score (nSPS) is 18.3. The van der Waals surface area contributed by atoms with Crippen molar-refractivity contribution >= 4 is 28.9 Å². The van der Waals surface area contributed by atoms with Crippen LogP contribution in [0.5, 0.6) is 0 Å². The zero-order valence-electron chi connectivity index (χ0n) is 17.1. The number of para-hydroxylation sites is 1. The van der Waals surface area contributed by atoms with E-state index >= 15 is 0 Å². The largest absolute Gasteiger partial charge is 0.353 e. The van der Waals surface area contributed by atoms with Crippen LogP contribution in [-0.4, -0.2) is 32.0 Å². The lowest BCUT2D eigenvalue weighted by Gasteiger charge is -2.28. The van der Waals surface area contributed by atoms with E-state index in [1.54, 1.807) is 6.20 Å². The lowest BCUT2D eigenvalue weighted by Crippen LogP contribution is -2.33. The van der Waals surface area contributed by atoms with E-state index in [-0.39, 0.29) is 18.0 Å². The summed E-state index contributed by atoms with van der Waals surface area (Å²) >= 11 is 5.66. The molecule has 2 N–H and O–H groups in total. The van der Waals surface area contributed by atoms with Crippen molar-refractivity contribution in [3.05, 3.63) is 83.9 Å². The topological polar surface area (TPSA) is 62.2 Å². The Kier molecular flexibility index (Phi) is 5.81. The summed E-state index contributed by atoms with van der Waals surface area (Å²) in [6.07, 6.45) is 4.15. The van der Waals surface area contributed by atoms with Gasteiger partial charge in [0.1, 0.15) is 0 Å². The molecule has 0 saturated carbocycles. The van der Waals surface area contributed by atoms with Gasteiger partial charge in [0.05, 0.1) is 17.8 Å². The fourth-order valence-corrected chi connectivity index (χ4v) is 4.23. The van der Waals surface area contributed by atoms with Crippen molar-refractivity contribution < 1.29 is 4.79 Å². The molecule has 4 rings (SSSR count). The molecule has 2 aromatic heterocycles. The summed E-state index contributed by atoms with van der Waals surface area (Å²) < 4.78 is 2.09. The molecule has 0 unspecified atom stereocenters. The average Bonchev–Trinajstić information content (AvgIpc) is 3.31. The molecule has 3 aromatic rings. The van der Waals surface area contributed by atoms with Gasteiger partial charge in [0.25, 0.3) is 0 Å². The summed E-state index contributed by atoms with van der Waals surface area (Å²) in [6, 6.07) is 17.7. The van der Waals surface area contributed by atoms with Gasteiger partial charge >= 0.3 is 0 Å². The predicted octanol–water partition coefficient (Wildman–Crippen LogP) is 3.73. The molecular formula is C23H25N5OS. The maximum atomic E-state index is 12.6. The van der Waals surface area contributed by atoms with Gasteiger partial charge in [-0.15, -0.1) is 0 Å². The Morgan fingerprint density at radius 1 is 1.17 bits per heavy atom. The molecule has 1 aliphatic rings. The van der Waals surface area contributed by atoms with Crippen molar-refractivity contribution in [1.29, 1.82) is 0 Å². The molecule has 0 bridgehead atoms. The summed E-state index contributed by atoms with van der Waals surface area (Å²) in [5.41, 5.74) is 3.94. The molecule has 0 aliphatic carbocycles. The summed E-state index contributed by atoms with van der Waals surface area (Å²) in [6.45, 7) is 2.50. The van der Waals surface area contributed by atoms with Crippen LogP contribution in [-0.2, 0) is 11.8 Å². The van der Waals surface area contributed by atoms with E-state index in [0.717, 1.165) is 22.6 Å². The average molecular weight is 420 g/mol. The van der Waals surface area contributed by atoms with Crippen LogP contribution in [0.1, 0.15) is 35.5 Å². The van der Waals surface area contributed by atoms with Gasteiger partial charge in [-0.1, -0.05) is 24.3 Å². The van der Waals surface area contributed by atoms with Crippen molar-refractivity contribution in [1.82, 2.24) is 19.8 Å². The number of benzene rings is 1. The first-order valence-corrected chi connectivity index (χ1v) is 10.4. The van der Waals surface area contributed by atoms with Crippen LogP contribution < -0.4 is 10.6 Å². The molecule has 1 aromatic carbocycles. The minimum Gasteiger partial charge on any atom is -0.353 e. The van der Waals surface area contributed by atoms with Gasteiger partial charge < -0.3 is 20.1 Å². The first-order valence-electron chi connectivity index (χ1n) is 9.99. The lowest BCUT2D eigenvalue weighted by molar-refractivity contribution is -0.116. The quantitative estimate of drug-likeness (QED) is 0.596. The molecule has 1 amide bonds. The van der Waals surface area contributed by atoms with Crippen molar-refractivity contribution in [3.8, 4) is 0 Å². The number of thiocarbonyl (C=S) groups is 1. The van der Waals surface area contributed by atoms with Gasteiger partial charge in [-0.3, -0.25) is 9.78 Å². The van der Waals surface area contributed by atoms with E-state index in [9.17, 15) is 4.79 Å². The number of aromatic nitrogens is 2. The van der Waals surface area contributed by atoms with E-state index in [1.165, 1.54) is 0 Å². The number of hydrogen-bond acceptors (Lipinski definition) is 3. The number of pyridine rings is 1. The van der Waals surface area contributed by atoms with Gasteiger partial charge in [0.15, 0.2) is 5.11 Å². The Bertz CT molecular complexity index is 1050. The summed E-state index contributed by atoms with van der Waals surface area (Å²) in [7, 11) is 2.02. The second-order valence-electron chi connectivity index (χ2n) is 7.48. The van der Waals surface area contributed by atoms with E-state index < -0.39 is 0 Å². The third-order valence-electron chi connectivity index (χ3n) is 5.48. The van der Waals surface area contributed by atoms with Gasteiger partial charge in [-0.05, 0) is 55.0 Å². The Morgan fingerprint density at radius 2 is 1.97 bits per heavy atom. The van der Waals surface area contributed by atoms with E-state index in [2.05, 4.69) is 31.2 Å². The van der Waals surface area contributed by atoms with E-state index in [1.807, 2.05) is 68.7 Å². The summed E-state index contributed by atoms with van der Waals surface area (Å²) in [5.74, 6) is -0.0287. The van der Waals surface area contributed by atoms with Crippen molar-refractivity contribution in [2.75, 3.05) is 11.9 Å². The van der Waals surface area contributed by atoms with Crippen molar-refractivity contribution in [2.24, 2.45) is 7.05 Å². The number of aryl methyl sites for hydroxylation is 2. The summed E-state index contributed by atoms with van der Waals surface area (Å²) in [4.78, 5) is 19.3.